The molecule has 16 heavy (non-hydrogen) atoms. The van der Waals surface area contributed by atoms with Crippen molar-refractivity contribution in [1.29, 1.82) is 0 Å². The Hall–Kier alpha value is -0.840. The average molecular weight is 264 g/mol. The molecule has 1 aliphatic rings. The van der Waals surface area contributed by atoms with Gasteiger partial charge in [0.15, 0.2) is 0 Å². The average Bonchev–Trinajstić information content (AvgIpc) is 2.27. The maximum Gasteiger partial charge on any atom is 0.246 e. The third kappa shape index (κ3) is 2.14. The first-order valence-corrected chi connectivity index (χ1v) is 5.37. The van der Waals surface area contributed by atoms with Crippen LogP contribution < -0.4 is 5.32 Å². The predicted molar refractivity (Wildman–Crippen MR) is 58.1 cm³/mol. The largest absolute Gasteiger partial charge is 0.362 e. The zero-order chi connectivity index (χ0) is 11.7. The summed E-state index contributed by atoms with van der Waals surface area (Å²) in [5.74, 6) is -0.763. The van der Waals surface area contributed by atoms with E-state index < -0.39 is 11.9 Å². The van der Waals surface area contributed by atoms with Gasteiger partial charge in [-0.15, -0.1) is 0 Å². The molecule has 6 heteroatoms. The van der Waals surface area contributed by atoms with Crippen LogP contribution in [0.1, 0.15) is 11.7 Å². The van der Waals surface area contributed by atoms with E-state index >= 15 is 0 Å². The Kier molecular flexibility index (Phi) is 3.33. The fraction of sp³-hybridized carbons (Fsp3) is 0.300. The topological polar surface area (TPSA) is 38.3 Å². The maximum absolute atomic E-state index is 13.3. The van der Waals surface area contributed by atoms with Gasteiger partial charge in [-0.2, -0.15) is 0 Å². The van der Waals surface area contributed by atoms with Crippen molar-refractivity contribution in [1.82, 2.24) is 5.32 Å². The van der Waals surface area contributed by atoms with Gasteiger partial charge < -0.3 is 10.1 Å². The molecule has 1 amide bonds. The summed E-state index contributed by atoms with van der Waals surface area (Å²) in [5.41, 5.74) is 0.378. The molecule has 0 aliphatic carbocycles. The lowest BCUT2D eigenvalue weighted by molar-refractivity contribution is -0.133. The van der Waals surface area contributed by atoms with E-state index in [0.717, 1.165) is 0 Å². The highest BCUT2D eigenvalue weighted by Gasteiger charge is 2.25. The predicted octanol–water partition coefficient (Wildman–Crippen LogP) is 2.32. The number of ether oxygens (including phenoxy) is 1. The van der Waals surface area contributed by atoms with E-state index in [2.05, 4.69) is 5.32 Å². The SMILES string of the molecule is O=C1CO[C@@H](c2c(Cl)ccc(F)c2Cl)CN1. The van der Waals surface area contributed by atoms with Crippen molar-refractivity contribution < 1.29 is 13.9 Å². The number of morpholine rings is 1. The second-order valence-corrected chi connectivity index (χ2v) is 4.15. The highest BCUT2D eigenvalue weighted by Crippen LogP contribution is 2.34. The van der Waals surface area contributed by atoms with E-state index in [1.807, 2.05) is 0 Å². The second-order valence-electron chi connectivity index (χ2n) is 3.36. The lowest BCUT2D eigenvalue weighted by Crippen LogP contribution is -2.38. The van der Waals surface area contributed by atoms with Crippen LogP contribution in [0.25, 0.3) is 0 Å². The smallest absolute Gasteiger partial charge is 0.246 e. The highest BCUT2D eigenvalue weighted by molar-refractivity contribution is 6.36. The molecular formula is C10H8Cl2FNO2. The molecule has 1 atom stereocenters. The van der Waals surface area contributed by atoms with Gasteiger partial charge in [0.1, 0.15) is 18.5 Å². The molecule has 0 bridgehead atoms. The number of benzene rings is 1. The number of nitrogens with one attached hydrogen (secondary N) is 1. The lowest BCUT2D eigenvalue weighted by atomic mass is 10.1. The van der Waals surface area contributed by atoms with Crippen LogP contribution in [0.2, 0.25) is 10.0 Å². The first-order valence-electron chi connectivity index (χ1n) is 4.61. The molecule has 0 spiro atoms. The van der Waals surface area contributed by atoms with Crippen LogP contribution in [0.4, 0.5) is 4.39 Å². The van der Waals surface area contributed by atoms with Gasteiger partial charge in [-0.25, -0.2) is 4.39 Å². The van der Waals surface area contributed by atoms with Gasteiger partial charge in [-0.05, 0) is 12.1 Å². The second kappa shape index (κ2) is 4.57. The number of carbonyl (C=O) groups is 1. The first-order chi connectivity index (χ1) is 7.59. The summed E-state index contributed by atoms with van der Waals surface area (Å²) in [6.07, 6.45) is -0.506. The van der Waals surface area contributed by atoms with Crippen LogP contribution in [-0.4, -0.2) is 19.1 Å². The molecule has 0 aromatic heterocycles. The van der Waals surface area contributed by atoms with Crippen LogP contribution in [0.15, 0.2) is 12.1 Å². The molecule has 0 saturated carbocycles. The van der Waals surface area contributed by atoms with Crippen molar-refractivity contribution in [3.8, 4) is 0 Å². The van der Waals surface area contributed by atoms with E-state index in [9.17, 15) is 9.18 Å². The van der Waals surface area contributed by atoms with Gasteiger partial charge in [-0.3, -0.25) is 4.79 Å². The van der Waals surface area contributed by atoms with Gasteiger partial charge in [0.05, 0.1) is 5.02 Å². The van der Waals surface area contributed by atoms with Gasteiger partial charge in [0.25, 0.3) is 0 Å². The van der Waals surface area contributed by atoms with Crippen molar-refractivity contribution in [3.63, 3.8) is 0 Å². The number of hydrogen-bond acceptors (Lipinski definition) is 2. The summed E-state index contributed by atoms with van der Waals surface area (Å²) in [7, 11) is 0. The van der Waals surface area contributed by atoms with Crippen molar-refractivity contribution in [2.45, 2.75) is 6.10 Å². The van der Waals surface area contributed by atoms with E-state index in [4.69, 9.17) is 27.9 Å². The van der Waals surface area contributed by atoms with Gasteiger partial charge in [0.2, 0.25) is 5.91 Å². The molecule has 3 nitrogen and oxygen atoms in total. The molecule has 0 radical (unpaired) electrons. The van der Waals surface area contributed by atoms with Crippen LogP contribution in [0.5, 0.6) is 0 Å². The number of carbonyl (C=O) groups excluding carboxylic acids is 1. The summed E-state index contributed by atoms with van der Waals surface area (Å²) >= 11 is 11.7. The summed E-state index contributed by atoms with van der Waals surface area (Å²) in [6.45, 7) is 0.162. The van der Waals surface area contributed by atoms with Crippen molar-refractivity contribution in [2.24, 2.45) is 0 Å². The third-order valence-corrected chi connectivity index (χ3v) is 3.02. The molecule has 1 N–H and O–H groups in total. The Balaban J connectivity index is 2.33. The van der Waals surface area contributed by atoms with Crippen LogP contribution in [-0.2, 0) is 9.53 Å². The first kappa shape index (κ1) is 11.6. The normalized spacial score (nSPS) is 20.7. The van der Waals surface area contributed by atoms with E-state index in [0.29, 0.717) is 10.6 Å². The quantitative estimate of drug-likeness (QED) is 0.790. The molecule has 1 aromatic carbocycles. The number of amides is 1. The van der Waals surface area contributed by atoms with Crippen molar-refractivity contribution >= 4 is 29.1 Å². The van der Waals surface area contributed by atoms with Crippen molar-refractivity contribution in [3.05, 3.63) is 33.6 Å². The molecule has 1 aromatic rings. The standard InChI is InChI=1S/C10H8Cl2FNO2/c11-5-1-2-6(13)10(12)9(5)7-3-14-8(15)4-16-7/h1-2,7H,3-4H2,(H,14,15)/t7-/m1/s1. The molecule has 1 heterocycles. The molecule has 1 fully saturated rings. The molecule has 86 valence electrons. The third-order valence-electron chi connectivity index (χ3n) is 2.30. The van der Waals surface area contributed by atoms with E-state index in [1.165, 1.54) is 12.1 Å². The zero-order valence-corrected chi connectivity index (χ0v) is 9.61. The fourth-order valence-corrected chi connectivity index (χ4v) is 2.13. The number of halogens is 3. The highest BCUT2D eigenvalue weighted by atomic mass is 35.5. The summed E-state index contributed by atoms with van der Waals surface area (Å²) in [5, 5.41) is 2.87. The molecule has 1 saturated heterocycles. The molecule has 0 unspecified atom stereocenters. The minimum Gasteiger partial charge on any atom is -0.362 e. The zero-order valence-electron chi connectivity index (χ0n) is 8.10. The number of rotatable bonds is 1. The van der Waals surface area contributed by atoms with Gasteiger partial charge in [-0.1, -0.05) is 23.2 Å². The Morgan fingerprint density at radius 2 is 2.19 bits per heavy atom. The van der Waals surface area contributed by atoms with Gasteiger partial charge >= 0.3 is 0 Å². The summed E-state index contributed by atoms with van der Waals surface area (Å²) in [6, 6.07) is 2.60. The maximum atomic E-state index is 13.3. The van der Waals surface area contributed by atoms with Crippen LogP contribution in [0.3, 0.4) is 0 Å². The van der Waals surface area contributed by atoms with E-state index in [-0.39, 0.29) is 24.1 Å². The fourth-order valence-electron chi connectivity index (χ4n) is 1.52. The Bertz CT molecular complexity index is 429. The van der Waals surface area contributed by atoms with Gasteiger partial charge in [0, 0.05) is 17.1 Å². The minimum atomic E-state index is -0.554. The molecule has 1 aliphatic heterocycles. The lowest BCUT2D eigenvalue weighted by Gasteiger charge is -2.25. The van der Waals surface area contributed by atoms with E-state index in [1.54, 1.807) is 0 Å². The minimum absolute atomic E-state index is 0.0614. The Morgan fingerprint density at radius 1 is 1.44 bits per heavy atom. The summed E-state index contributed by atoms with van der Waals surface area (Å²) < 4.78 is 18.5. The Morgan fingerprint density at radius 3 is 2.81 bits per heavy atom. The Labute approximate surface area is 101 Å². The number of hydrogen-bond donors (Lipinski definition) is 1. The van der Waals surface area contributed by atoms with Crippen LogP contribution >= 0.6 is 23.2 Å². The molecule has 2 rings (SSSR count). The van der Waals surface area contributed by atoms with Crippen LogP contribution in [0, 0.1) is 5.82 Å². The summed E-state index contributed by atoms with van der Waals surface area (Å²) in [4.78, 5) is 10.9. The molecular weight excluding hydrogens is 256 g/mol. The van der Waals surface area contributed by atoms with Crippen molar-refractivity contribution in [2.75, 3.05) is 13.2 Å². The monoisotopic (exact) mass is 263 g/mol.